The number of phenols is 1. The summed E-state index contributed by atoms with van der Waals surface area (Å²) in [6, 6.07) is 11.0. The number of nitro benzene ring substituents is 1. The van der Waals surface area contributed by atoms with E-state index in [1.54, 1.807) is 35.0 Å². The van der Waals surface area contributed by atoms with Gasteiger partial charge in [-0.3, -0.25) is 14.9 Å². The van der Waals surface area contributed by atoms with Gasteiger partial charge in [-0.15, -0.1) is 5.10 Å². The average molecular weight is 480 g/mol. The monoisotopic (exact) mass is 479 g/mol. The highest BCUT2D eigenvalue weighted by molar-refractivity contribution is 7.98. The summed E-state index contributed by atoms with van der Waals surface area (Å²) in [5, 5.41) is 29.4. The van der Waals surface area contributed by atoms with E-state index in [0.29, 0.717) is 35.4 Å². The molecule has 2 heterocycles. The number of fused-ring (bicyclic) bond motifs is 2. The number of rotatable bonds is 6. The van der Waals surface area contributed by atoms with Crippen LogP contribution in [-0.4, -0.2) is 37.7 Å². The van der Waals surface area contributed by atoms with E-state index in [0.717, 1.165) is 16.8 Å². The maximum atomic E-state index is 13.0. The van der Waals surface area contributed by atoms with Crippen molar-refractivity contribution in [3.63, 3.8) is 0 Å². The summed E-state index contributed by atoms with van der Waals surface area (Å²) in [5.74, 6) is 1.07. The van der Waals surface area contributed by atoms with Gasteiger partial charge in [0.2, 0.25) is 11.1 Å². The molecule has 1 aliphatic heterocycles. The second-order valence-electron chi connectivity index (χ2n) is 8.02. The number of benzene rings is 2. The molecule has 0 fully saturated rings. The molecule has 0 saturated heterocycles. The van der Waals surface area contributed by atoms with E-state index in [1.807, 2.05) is 6.08 Å². The van der Waals surface area contributed by atoms with Crippen molar-refractivity contribution < 1.29 is 19.6 Å². The number of allylic oxidation sites excluding steroid dienone is 2. The summed E-state index contributed by atoms with van der Waals surface area (Å²) in [5.41, 5.74) is 2.53. The topological polar surface area (TPSA) is 132 Å². The summed E-state index contributed by atoms with van der Waals surface area (Å²) in [4.78, 5) is 28.0. The van der Waals surface area contributed by atoms with E-state index in [1.165, 1.54) is 31.0 Å². The standard InChI is InChI=1S/C23H21N5O5S/c1-33-19-11-14(7-10-17(19)29)21-20-16(3-2-4-18(20)30)24-22-25-23(26-27(21)22)34-12-13-5-8-15(9-6-13)28(31)32/h3,5-11,20-21,29H,2,4,12H2,1H3,(H,24,25,26)/t20-,21-/m0/s1. The Hall–Kier alpha value is -3.86. The van der Waals surface area contributed by atoms with Crippen LogP contribution in [0.5, 0.6) is 11.5 Å². The maximum Gasteiger partial charge on any atom is 0.269 e. The lowest BCUT2D eigenvalue weighted by Crippen LogP contribution is -2.38. The molecule has 34 heavy (non-hydrogen) atoms. The quantitative estimate of drug-likeness (QED) is 0.305. The van der Waals surface area contributed by atoms with E-state index in [4.69, 9.17) is 4.74 Å². The number of hydrogen-bond donors (Lipinski definition) is 2. The van der Waals surface area contributed by atoms with E-state index >= 15 is 0 Å². The zero-order valence-corrected chi connectivity index (χ0v) is 19.0. The van der Waals surface area contributed by atoms with Crippen LogP contribution < -0.4 is 10.1 Å². The van der Waals surface area contributed by atoms with Crippen molar-refractivity contribution in [2.24, 2.45) is 5.92 Å². The molecule has 5 rings (SSSR count). The third kappa shape index (κ3) is 3.98. The van der Waals surface area contributed by atoms with Crippen LogP contribution in [0.15, 0.2) is 59.4 Å². The van der Waals surface area contributed by atoms with Gasteiger partial charge in [0.05, 0.1) is 24.0 Å². The van der Waals surface area contributed by atoms with Crippen molar-refractivity contribution in [3.8, 4) is 11.5 Å². The fourth-order valence-corrected chi connectivity index (χ4v) is 5.07. The number of thioether (sulfide) groups is 1. The number of ketones is 1. The van der Waals surface area contributed by atoms with Crippen molar-refractivity contribution in [2.75, 3.05) is 12.4 Å². The summed E-state index contributed by atoms with van der Waals surface area (Å²) < 4.78 is 7.00. The summed E-state index contributed by atoms with van der Waals surface area (Å²) in [6.45, 7) is 0. The highest BCUT2D eigenvalue weighted by Crippen LogP contribution is 2.43. The minimum absolute atomic E-state index is 0.0177. The Labute approximate surface area is 198 Å². The Balaban J connectivity index is 1.48. The van der Waals surface area contributed by atoms with Crippen molar-refractivity contribution in [2.45, 2.75) is 29.8 Å². The van der Waals surface area contributed by atoms with Gasteiger partial charge >= 0.3 is 0 Å². The molecular formula is C23H21N5O5S. The number of methoxy groups -OCH3 is 1. The molecule has 174 valence electrons. The van der Waals surface area contributed by atoms with Crippen LogP contribution in [0.4, 0.5) is 11.6 Å². The number of carbonyl (C=O) groups is 1. The smallest absolute Gasteiger partial charge is 0.269 e. The molecule has 3 aromatic rings. The summed E-state index contributed by atoms with van der Waals surface area (Å²) in [7, 11) is 1.48. The number of nitrogens with one attached hydrogen (secondary N) is 1. The summed E-state index contributed by atoms with van der Waals surface area (Å²) >= 11 is 1.40. The number of carbonyl (C=O) groups excluding carboxylic acids is 1. The van der Waals surface area contributed by atoms with Crippen LogP contribution in [0.2, 0.25) is 0 Å². The molecule has 10 nitrogen and oxygen atoms in total. The van der Waals surface area contributed by atoms with E-state index in [9.17, 15) is 20.0 Å². The third-order valence-electron chi connectivity index (χ3n) is 5.94. The molecule has 0 unspecified atom stereocenters. The molecule has 2 aliphatic rings. The first-order valence-electron chi connectivity index (χ1n) is 10.6. The number of nitro groups is 1. The molecule has 1 aliphatic carbocycles. The second kappa shape index (κ2) is 8.82. The van der Waals surface area contributed by atoms with Crippen molar-refractivity contribution in [1.29, 1.82) is 0 Å². The Kier molecular flexibility index (Phi) is 5.70. The third-order valence-corrected chi connectivity index (χ3v) is 6.85. The molecule has 0 spiro atoms. The van der Waals surface area contributed by atoms with Crippen LogP contribution in [0.25, 0.3) is 0 Å². The lowest BCUT2D eigenvalue weighted by Gasteiger charge is -2.36. The second-order valence-corrected chi connectivity index (χ2v) is 8.96. The predicted octanol–water partition coefficient (Wildman–Crippen LogP) is 4.07. The van der Waals surface area contributed by atoms with E-state index in [-0.39, 0.29) is 17.2 Å². The van der Waals surface area contributed by atoms with Gasteiger partial charge in [-0.1, -0.05) is 36.0 Å². The van der Waals surface area contributed by atoms with Gasteiger partial charge < -0.3 is 15.2 Å². The average Bonchev–Trinajstić information content (AvgIpc) is 3.25. The van der Waals surface area contributed by atoms with E-state index < -0.39 is 16.9 Å². The number of Topliss-reactive ketones (excluding diaryl/α,β-unsaturated/α-hetero) is 1. The van der Waals surface area contributed by atoms with Crippen LogP contribution in [0.1, 0.15) is 30.0 Å². The number of hydrogen-bond acceptors (Lipinski definition) is 9. The number of aromatic nitrogens is 3. The molecule has 0 bridgehead atoms. The highest BCUT2D eigenvalue weighted by Gasteiger charge is 2.41. The van der Waals surface area contributed by atoms with Crippen LogP contribution >= 0.6 is 11.8 Å². The van der Waals surface area contributed by atoms with Crippen molar-refractivity contribution in [3.05, 3.63) is 75.5 Å². The lowest BCUT2D eigenvalue weighted by atomic mass is 9.81. The largest absolute Gasteiger partial charge is 0.504 e. The van der Waals surface area contributed by atoms with Gasteiger partial charge in [0.25, 0.3) is 5.69 Å². The number of aromatic hydroxyl groups is 1. The SMILES string of the molecule is COc1cc([C@H]2[C@@H]3C(=O)CCC=C3Nc3nc(SCc4ccc([N+](=O)[O-])cc4)nn32)ccc1O. The van der Waals surface area contributed by atoms with Gasteiger partial charge in [0.1, 0.15) is 5.78 Å². The minimum atomic E-state index is -0.440. The molecule has 0 radical (unpaired) electrons. The molecule has 2 atom stereocenters. The zero-order chi connectivity index (χ0) is 23.8. The number of anilines is 1. The van der Waals surface area contributed by atoms with Gasteiger partial charge in [0.15, 0.2) is 11.5 Å². The molecule has 11 heteroatoms. The molecule has 2 aromatic carbocycles. The maximum absolute atomic E-state index is 13.0. The Morgan fingerprint density at radius 3 is 2.82 bits per heavy atom. The van der Waals surface area contributed by atoms with Crippen LogP contribution in [-0.2, 0) is 10.5 Å². The Morgan fingerprint density at radius 2 is 2.09 bits per heavy atom. The van der Waals surface area contributed by atoms with Crippen LogP contribution in [0, 0.1) is 16.0 Å². The van der Waals surface area contributed by atoms with Crippen molar-refractivity contribution in [1.82, 2.24) is 14.8 Å². The van der Waals surface area contributed by atoms with Gasteiger partial charge in [-0.25, -0.2) is 4.68 Å². The number of ether oxygens (including phenoxy) is 1. The van der Waals surface area contributed by atoms with Crippen molar-refractivity contribution >= 4 is 29.2 Å². The van der Waals surface area contributed by atoms with E-state index in [2.05, 4.69) is 15.4 Å². The molecular weight excluding hydrogens is 458 g/mol. The van der Waals surface area contributed by atoms with Crippen LogP contribution in [0.3, 0.4) is 0 Å². The molecule has 2 N–H and O–H groups in total. The Bertz CT molecular complexity index is 1300. The van der Waals surface area contributed by atoms with Gasteiger partial charge in [0, 0.05) is 30.0 Å². The molecule has 0 saturated carbocycles. The van der Waals surface area contributed by atoms with Gasteiger partial charge in [-0.2, -0.15) is 4.98 Å². The van der Waals surface area contributed by atoms with Gasteiger partial charge in [-0.05, 0) is 29.7 Å². The molecule has 1 aromatic heterocycles. The number of phenolic OH excluding ortho intramolecular Hbond substituents is 1. The fraction of sp³-hybridized carbons (Fsp3) is 0.261. The first-order valence-corrected chi connectivity index (χ1v) is 11.6. The Morgan fingerprint density at radius 1 is 1.29 bits per heavy atom. The number of nitrogens with zero attached hydrogens (tertiary/aromatic N) is 4. The minimum Gasteiger partial charge on any atom is -0.504 e. The lowest BCUT2D eigenvalue weighted by molar-refractivity contribution is -0.384. The normalized spacial score (nSPS) is 19.0. The number of non-ortho nitro benzene ring substituents is 1. The zero-order valence-electron chi connectivity index (χ0n) is 18.2. The highest BCUT2D eigenvalue weighted by atomic mass is 32.2. The summed E-state index contributed by atoms with van der Waals surface area (Å²) in [6.07, 6.45) is 3.14. The molecule has 0 amide bonds. The predicted molar refractivity (Wildman–Crippen MR) is 125 cm³/mol. The first-order chi connectivity index (χ1) is 16.4. The first kappa shape index (κ1) is 22.0. The fourth-order valence-electron chi connectivity index (χ4n) is 4.29.